The van der Waals surface area contributed by atoms with Crippen LogP contribution in [0.1, 0.15) is 11.7 Å². The zero-order chi connectivity index (χ0) is 13.9. The topological polar surface area (TPSA) is 50.7 Å². The lowest BCUT2D eigenvalue weighted by atomic mass is 10.1. The van der Waals surface area contributed by atoms with E-state index in [1.807, 2.05) is 18.2 Å². The number of nitrogens with one attached hydrogen (secondary N) is 1. The highest BCUT2D eigenvalue weighted by molar-refractivity contribution is 5.55. The molecule has 0 saturated carbocycles. The molecule has 4 nitrogen and oxygen atoms in total. The molecule has 0 aromatic heterocycles. The van der Waals surface area contributed by atoms with Gasteiger partial charge in [-0.15, -0.1) is 0 Å². The number of halogens is 1. The Balaban J connectivity index is 1.63. The van der Waals surface area contributed by atoms with E-state index in [1.54, 1.807) is 12.1 Å². The van der Waals surface area contributed by atoms with Gasteiger partial charge in [-0.05, 0) is 29.8 Å². The zero-order valence-electron chi connectivity index (χ0n) is 10.7. The minimum Gasteiger partial charge on any atom is -0.454 e. The van der Waals surface area contributed by atoms with Crippen molar-refractivity contribution in [3.63, 3.8) is 0 Å². The highest BCUT2D eigenvalue weighted by Crippen LogP contribution is 2.34. The van der Waals surface area contributed by atoms with Gasteiger partial charge < -0.3 is 19.9 Å². The van der Waals surface area contributed by atoms with Crippen LogP contribution in [0.2, 0.25) is 0 Å². The Morgan fingerprint density at radius 1 is 1.10 bits per heavy atom. The zero-order valence-corrected chi connectivity index (χ0v) is 10.7. The molecule has 1 atom stereocenters. The van der Waals surface area contributed by atoms with Crippen molar-refractivity contribution in [2.45, 2.75) is 6.10 Å². The molecule has 0 amide bonds. The molecule has 0 aliphatic carbocycles. The van der Waals surface area contributed by atoms with Gasteiger partial charge in [-0.25, -0.2) is 4.39 Å². The van der Waals surface area contributed by atoms with Gasteiger partial charge in [0, 0.05) is 18.3 Å². The molecule has 5 heteroatoms. The van der Waals surface area contributed by atoms with Crippen molar-refractivity contribution < 1.29 is 19.0 Å². The van der Waals surface area contributed by atoms with E-state index >= 15 is 0 Å². The Morgan fingerprint density at radius 3 is 2.65 bits per heavy atom. The molecule has 0 saturated heterocycles. The number of aliphatic hydroxyl groups excluding tert-OH is 1. The molecule has 0 radical (unpaired) electrons. The fraction of sp³-hybridized carbons (Fsp3) is 0.200. The maximum Gasteiger partial charge on any atom is 0.231 e. The van der Waals surface area contributed by atoms with E-state index in [9.17, 15) is 9.50 Å². The summed E-state index contributed by atoms with van der Waals surface area (Å²) >= 11 is 0. The van der Waals surface area contributed by atoms with Gasteiger partial charge in [0.05, 0.1) is 6.10 Å². The molecule has 0 bridgehead atoms. The first kappa shape index (κ1) is 12.7. The van der Waals surface area contributed by atoms with E-state index < -0.39 is 6.10 Å². The van der Waals surface area contributed by atoms with Crippen LogP contribution in [0.15, 0.2) is 42.5 Å². The third kappa shape index (κ3) is 2.67. The van der Waals surface area contributed by atoms with Crippen LogP contribution in [0.3, 0.4) is 0 Å². The van der Waals surface area contributed by atoms with Crippen LogP contribution in [0, 0.1) is 5.82 Å². The molecule has 104 valence electrons. The first-order valence-electron chi connectivity index (χ1n) is 6.29. The minimum absolute atomic E-state index is 0.233. The molecule has 20 heavy (non-hydrogen) atoms. The Kier molecular flexibility index (Phi) is 3.43. The molecular weight excluding hydrogens is 261 g/mol. The van der Waals surface area contributed by atoms with Gasteiger partial charge >= 0.3 is 0 Å². The number of hydrogen-bond donors (Lipinski definition) is 2. The maximum atomic E-state index is 12.8. The lowest BCUT2D eigenvalue weighted by Gasteiger charge is -2.13. The summed E-state index contributed by atoms with van der Waals surface area (Å²) in [6, 6.07) is 11.3. The Morgan fingerprint density at radius 2 is 1.85 bits per heavy atom. The third-order valence-corrected chi connectivity index (χ3v) is 3.13. The van der Waals surface area contributed by atoms with Crippen molar-refractivity contribution in [1.82, 2.24) is 0 Å². The highest BCUT2D eigenvalue weighted by Gasteiger charge is 2.14. The number of ether oxygens (including phenoxy) is 2. The van der Waals surface area contributed by atoms with Gasteiger partial charge in [-0.2, -0.15) is 0 Å². The standard InChI is InChI=1S/C15H14FNO3/c16-11-3-1-10(2-4-11)13(18)8-17-12-5-6-14-15(7-12)20-9-19-14/h1-7,13,17-18H,8-9H2. The van der Waals surface area contributed by atoms with Gasteiger partial charge in [0.2, 0.25) is 6.79 Å². The number of anilines is 1. The van der Waals surface area contributed by atoms with Gasteiger partial charge in [0.25, 0.3) is 0 Å². The van der Waals surface area contributed by atoms with E-state index in [0.29, 0.717) is 17.9 Å². The summed E-state index contributed by atoms with van der Waals surface area (Å²) in [7, 11) is 0. The van der Waals surface area contributed by atoms with E-state index in [-0.39, 0.29) is 12.6 Å². The van der Waals surface area contributed by atoms with Crippen LogP contribution >= 0.6 is 0 Å². The first-order chi connectivity index (χ1) is 9.72. The van der Waals surface area contributed by atoms with Crippen molar-refractivity contribution in [1.29, 1.82) is 0 Å². The smallest absolute Gasteiger partial charge is 0.231 e. The number of benzene rings is 2. The van der Waals surface area contributed by atoms with Gasteiger partial charge in [0.1, 0.15) is 5.82 Å². The van der Waals surface area contributed by atoms with Crippen LogP contribution < -0.4 is 14.8 Å². The lowest BCUT2D eigenvalue weighted by Crippen LogP contribution is -2.12. The predicted molar refractivity (Wildman–Crippen MR) is 72.4 cm³/mol. The van der Waals surface area contributed by atoms with Crippen molar-refractivity contribution in [3.8, 4) is 11.5 Å². The number of aliphatic hydroxyl groups is 1. The molecule has 1 unspecified atom stereocenters. The van der Waals surface area contributed by atoms with Crippen LogP contribution in [-0.4, -0.2) is 18.4 Å². The molecule has 0 spiro atoms. The predicted octanol–water partition coefficient (Wildman–Crippen LogP) is 2.70. The van der Waals surface area contributed by atoms with Crippen LogP contribution in [0.25, 0.3) is 0 Å². The van der Waals surface area contributed by atoms with Crippen molar-refractivity contribution in [3.05, 3.63) is 53.8 Å². The summed E-state index contributed by atoms with van der Waals surface area (Å²) in [6.07, 6.45) is -0.707. The summed E-state index contributed by atoms with van der Waals surface area (Å²) in [6.45, 7) is 0.558. The fourth-order valence-electron chi connectivity index (χ4n) is 2.02. The van der Waals surface area contributed by atoms with E-state index in [1.165, 1.54) is 12.1 Å². The van der Waals surface area contributed by atoms with E-state index in [2.05, 4.69) is 5.32 Å². The van der Waals surface area contributed by atoms with Crippen LogP contribution in [0.5, 0.6) is 11.5 Å². The quantitative estimate of drug-likeness (QED) is 0.900. The summed E-state index contributed by atoms with van der Waals surface area (Å²) in [5.41, 5.74) is 1.50. The summed E-state index contributed by atoms with van der Waals surface area (Å²) in [4.78, 5) is 0. The van der Waals surface area contributed by atoms with E-state index in [0.717, 1.165) is 11.4 Å². The molecule has 2 aromatic carbocycles. The first-order valence-corrected chi connectivity index (χ1v) is 6.29. The Labute approximate surface area is 115 Å². The monoisotopic (exact) mass is 275 g/mol. The average molecular weight is 275 g/mol. The molecule has 3 rings (SSSR count). The second kappa shape index (κ2) is 5.38. The normalized spacial score (nSPS) is 14.1. The average Bonchev–Trinajstić information content (AvgIpc) is 2.93. The lowest BCUT2D eigenvalue weighted by molar-refractivity contribution is 0.174. The molecule has 0 fully saturated rings. The second-order valence-corrected chi connectivity index (χ2v) is 4.52. The molecular formula is C15H14FNO3. The Bertz CT molecular complexity index is 601. The van der Waals surface area contributed by atoms with Gasteiger partial charge in [-0.1, -0.05) is 12.1 Å². The molecule has 1 aliphatic rings. The number of hydrogen-bond acceptors (Lipinski definition) is 4. The van der Waals surface area contributed by atoms with Gasteiger partial charge in [-0.3, -0.25) is 0 Å². The summed E-state index contributed by atoms with van der Waals surface area (Å²) < 4.78 is 23.3. The largest absolute Gasteiger partial charge is 0.454 e. The minimum atomic E-state index is -0.707. The summed E-state index contributed by atoms with van der Waals surface area (Å²) in [5.74, 6) is 1.09. The maximum absolute atomic E-state index is 12.8. The fourth-order valence-corrected chi connectivity index (χ4v) is 2.02. The molecule has 1 aliphatic heterocycles. The highest BCUT2D eigenvalue weighted by atomic mass is 19.1. The van der Waals surface area contributed by atoms with Gasteiger partial charge in [0.15, 0.2) is 11.5 Å². The van der Waals surface area contributed by atoms with E-state index in [4.69, 9.17) is 9.47 Å². The van der Waals surface area contributed by atoms with Crippen LogP contribution in [0.4, 0.5) is 10.1 Å². The van der Waals surface area contributed by atoms with Crippen molar-refractivity contribution in [2.75, 3.05) is 18.7 Å². The van der Waals surface area contributed by atoms with Crippen molar-refractivity contribution in [2.24, 2.45) is 0 Å². The Hall–Kier alpha value is -2.27. The number of fused-ring (bicyclic) bond motifs is 1. The van der Waals surface area contributed by atoms with Crippen molar-refractivity contribution >= 4 is 5.69 Å². The number of rotatable bonds is 4. The SMILES string of the molecule is OC(CNc1ccc2c(c1)OCO2)c1ccc(F)cc1. The molecule has 2 N–H and O–H groups in total. The summed E-state index contributed by atoms with van der Waals surface area (Å²) in [5, 5.41) is 13.1. The second-order valence-electron chi connectivity index (χ2n) is 4.52. The third-order valence-electron chi connectivity index (χ3n) is 3.13. The molecule has 1 heterocycles. The molecule has 2 aromatic rings. The van der Waals surface area contributed by atoms with Crippen LogP contribution in [-0.2, 0) is 0 Å².